The summed E-state index contributed by atoms with van der Waals surface area (Å²) in [4.78, 5) is 16.2. The smallest absolute Gasteiger partial charge is 0.269 e. The van der Waals surface area contributed by atoms with Gasteiger partial charge in [0.25, 0.3) is 5.91 Å². The van der Waals surface area contributed by atoms with Crippen LogP contribution < -0.4 is 20.1 Å². The van der Waals surface area contributed by atoms with Gasteiger partial charge >= 0.3 is 0 Å². The van der Waals surface area contributed by atoms with Gasteiger partial charge in [-0.1, -0.05) is 19.8 Å². The average Bonchev–Trinajstić information content (AvgIpc) is 3.07. The molecule has 1 amide bonds. The lowest BCUT2D eigenvalue weighted by Gasteiger charge is -2.08. The van der Waals surface area contributed by atoms with Crippen LogP contribution in [-0.4, -0.2) is 24.2 Å². The highest BCUT2D eigenvalue weighted by atomic mass is 16.7. The van der Waals surface area contributed by atoms with Crippen LogP contribution in [0.5, 0.6) is 11.5 Å². The lowest BCUT2D eigenvalue weighted by atomic mass is 10.2. The van der Waals surface area contributed by atoms with Crippen LogP contribution in [-0.2, 0) is 0 Å². The van der Waals surface area contributed by atoms with Crippen LogP contribution >= 0.6 is 0 Å². The van der Waals surface area contributed by atoms with Gasteiger partial charge in [0.05, 0.1) is 11.9 Å². The molecule has 0 saturated carbocycles. The van der Waals surface area contributed by atoms with Gasteiger partial charge in [0.15, 0.2) is 11.5 Å². The largest absolute Gasteiger partial charge is 0.454 e. The Morgan fingerprint density at radius 3 is 2.75 bits per heavy atom. The molecule has 0 spiro atoms. The summed E-state index contributed by atoms with van der Waals surface area (Å²) in [6, 6.07) is 9.18. The molecule has 0 bridgehead atoms. The van der Waals surface area contributed by atoms with E-state index in [-0.39, 0.29) is 12.7 Å². The van der Waals surface area contributed by atoms with Crippen molar-refractivity contribution in [1.29, 1.82) is 0 Å². The van der Waals surface area contributed by atoms with Gasteiger partial charge in [-0.3, -0.25) is 4.79 Å². The van der Waals surface area contributed by atoms with Gasteiger partial charge in [-0.25, -0.2) is 4.98 Å². The van der Waals surface area contributed by atoms with Gasteiger partial charge in [-0.15, -0.1) is 0 Å². The van der Waals surface area contributed by atoms with Gasteiger partial charge in [0.2, 0.25) is 6.79 Å². The molecule has 1 aliphatic heterocycles. The van der Waals surface area contributed by atoms with Crippen molar-refractivity contribution in [3.63, 3.8) is 0 Å². The van der Waals surface area contributed by atoms with Crippen molar-refractivity contribution < 1.29 is 14.3 Å². The molecule has 1 aromatic heterocycles. The molecule has 6 heteroatoms. The lowest BCUT2D eigenvalue weighted by Crippen LogP contribution is -2.25. The summed E-state index contributed by atoms with van der Waals surface area (Å²) in [5, 5.41) is 6.11. The molecule has 0 atom stereocenters. The fourth-order valence-electron chi connectivity index (χ4n) is 2.41. The van der Waals surface area contributed by atoms with Gasteiger partial charge in [0, 0.05) is 18.3 Å². The van der Waals surface area contributed by atoms with Crippen LogP contribution in [0.4, 0.5) is 11.4 Å². The molecule has 1 aromatic carbocycles. The van der Waals surface area contributed by atoms with Crippen LogP contribution in [0.2, 0.25) is 0 Å². The Morgan fingerprint density at radius 2 is 1.96 bits per heavy atom. The number of benzene rings is 1. The van der Waals surface area contributed by atoms with E-state index in [0.717, 1.165) is 42.1 Å². The number of nitrogens with zero attached hydrogens (tertiary/aromatic N) is 1. The molecule has 24 heavy (non-hydrogen) atoms. The normalized spacial score (nSPS) is 12.0. The third kappa shape index (κ3) is 3.95. The molecule has 0 aliphatic carbocycles. The second-order valence-corrected chi connectivity index (χ2v) is 5.59. The van der Waals surface area contributed by atoms with E-state index in [1.165, 1.54) is 0 Å². The second-order valence-electron chi connectivity index (χ2n) is 5.59. The number of amides is 1. The topological polar surface area (TPSA) is 72.5 Å². The third-order valence-corrected chi connectivity index (χ3v) is 3.72. The highest BCUT2D eigenvalue weighted by molar-refractivity contribution is 5.92. The predicted molar refractivity (Wildman–Crippen MR) is 91.9 cm³/mol. The van der Waals surface area contributed by atoms with E-state index in [0.29, 0.717) is 12.2 Å². The average molecular weight is 327 g/mol. The van der Waals surface area contributed by atoms with Crippen molar-refractivity contribution in [2.45, 2.75) is 26.2 Å². The number of aromatic nitrogens is 1. The third-order valence-electron chi connectivity index (χ3n) is 3.72. The number of rotatable bonds is 7. The maximum Gasteiger partial charge on any atom is 0.269 e. The van der Waals surface area contributed by atoms with Crippen LogP contribution in [0, 0.1) is 0 Å². The fourth-order valence-corrected chi connectivity index (χ4v) is 2.41. The number of hydrogen-bond acceptors (Lipinski definition) is 5. The number of ether oxygens (including phenoxy) is 2. The summed E-state index contributed by atoms with van der Waals surface area (Å²) < 4.78 is 10.6. The van der Waals surface area contributed by atoms with Crippen molar-refractivity contribution in [3.8, 4) is 11.5 Å². The SMILES string of the molecule is CCCCCNC(=O)c1ccc(Nc2ccc3c(c2)OCO3)cn1. The molecule has 0 unspecified atom stereocenters. The number of anilines is 2. The molecule has 2 heterocycles. The molecule has 0 saturated heterocycles. The summed E-state index contributed by atoms with van der Waals surface area (Å²) in [6.07, 6.45) is 4.89. The molecular formula is C18H21N3O3. The van der Waals surface area contributed by atoms with E-state index in [1.54, 1.807) is 12.3 Å². The van der Waals surface area contributed by atoms with Crippen molar-refractivity contribution in [1.82, 2.24) is 10.3 Å². The van der Waals surface area contributed by atoms with E-state index in [4.69, 9.17) is 9.47 Å². The minimum Gasteiger partial charge on any atom is -0.454 e. The zero-order valence-corrected chi connectivity index (χ0v) is 13.7. The van der Waals surface area contributed by atoms with Crippen LogP contribution in [0.25, 0.3) is 0 Å². The zero-order chi connectivity index (χ0) is 16.8. The minimum atomic E-state index is -0.138. The van der Waals surface area contributed by atoms with Crippen molar-refractivity contribution in [2.24, 2.45) is 0 Å². The quantitative estimate of drug-likeness (QED) is 0.762. The molecule has 3 rings (SSSR count). The fraction of sp³-hybridized carbons (Fsp3) is 0.333. The number of hydrogen-bond donors (Lipinski definition) is 2. The monoisotopic (exact) mass is 327 g/mol. The zero-order valence-electron chi connectivity index (χ0n) is 13.7. The summed E-state index contributed by atoms with van der Waals surface area (Å²) >= 11 is 0. The Kier molecular flexibility index (Phi) is 5.15. The van der Waals surface area contributed by atoms with E-state index in [1.807, 2.05) is 24.3 Å². The Labute approximate surface area is 141 Å². The molecular weight excluding hydrogens is 306 g/mol. The Bertz CT molecular complexity index is 701. The van der Waals surface area contributed by atoms with Gasteiger partial charge in [0.1, 0.15) is 5.69 Å². The molecule has 2 aromatic rings. The molecule has 1 aliphatic rings. The number of fused-ring (bicyclic) bond motifs is 1. The number of carbonyl (C=O) groups is 1. The van der Waals surface area contributed by atoms with E-state index < -0.39 is 0 Å². The molecule has 6 nitrogen and oxygen atoms in total. The first-order valence-corrected chi connectivity index (χ1v) is 8.17. The summed E-state index contributed by atoms with van der Waals surface area (Å²) in [5.74, 6) is 1.32. The number of nitrogens with one attached hydrogen (secondary N) is 2. The summed E-state index contributed by atoms with van der Waals surface area (Å²) in [6.45, 7) is 3.07. The lowest BCUT2D eigenvalue weighted by molar-refractivity contribution is 0.0948. The van der Waals surface area contributed by atoms with Crippen LogP contribution in [0.15, 0.2) is 36.5 Å². The Balaban J connectivity index is 1.57. The molecule has 0 radical (unpaired) electrons. The first-order valence-electron chi connectivity index (χ1n) is 8.17. The van der Waals surface area contributed by atoms with Crippen LogP contribution in [0.3, 0.4) is 0 Å². The highest BCUT2D eigenvalue weighted by Crippen LogP contribution is 2.34. The van der Waals surface area contributed by atoms with Crippen molar-refractivity contribution in [2.75, 3.05) is 18.7 Å². The molecule has 126 valence electrons. The maximum atomic E-state index is 12.0. The first-order chi connectivity index (χ1) is 11.8. The second kappa shape index (κ2) is 7.68. The van der Waals surface area contributed by atoms with Gasteiger partial charge in [-0.2, -0.15) is 0 Å². The minimum absolute atomic E-state index is 0.138. The number of pyridine rings is 1. The standard InChI is InChI=1S/C18H21N3O3/c1-2-3-4-9-19-18(22)15-7-5-14(11-20-15)21-13-6-8-16-17(10-13)24-12-23-16/h5-8,10-11,21H,2-4,9,12H2,1H3,(H,19,22). The summed E-state index contributed by atoms with van der Waals surface area (Å²) in [7, 11) is 0. The Hall–Kier alpha value is -2.76. The summed E-state index contributed by atoms with van der Waals surface area (Å²) in [5.41, 5.74) is 2.09. The van der Waals surface area contributed by atoms with Gasteiger partial charge in [-0.05, 0) is 30.7 Å². The van der Waals surface area contributed by atoms with Gasteiger partial charge < -0.3 is 20.1 Å². The molecule has 0 fully saturated rings. The van der Waals surface area contributed by atoms with E-state index >= 15 is 0 Å². The van der Waals surface area contributed by atoms with Crippen LogP contribution in [0.1, 0.15) is 36.7 Å². The molecule has 2 N–H and O–H groups in total. The first kappa shape index (κ1) is 16.1. The highest BCUT2D eigenvalue weighted by Gasteiger charge is 2.13. The number of unbranched alkanes of at least 4 members (excludes halogenated alkanes) is 2. The van der Waals surface area contributed by atoms with Crippen molar-refractivity contribution >= 4 is 17.3 Å². The maximum absolute atomic E-state index is 12.0. The number of carbonyl (C=O) groups excluding carboxylic acids is 1. The Morgan fingerprint density at radius 1 is 1.12 bits per heavy atom. The van der Waals surface area contributed by atoms with E-state index in [9.17, 15) is 4.79 Å². The predicted octanol–water partition coefficient (Wildman–Crippen LogP) is 3.47. The van der Waals surface area contributed by atoms with E-state index in [2.05, 4.69) is 22.5 Å². The van der Waals surface area contributed by atoms with Crippen molar-refractivity contribution in [3.05, 3.63) is 42.2 Å².